The van der Waals surface area contributed by atoms with Gasteiger partial charge in [-0.3, -0.25) is 0 Å². The maximum absolute atomic E-state index is 12.8. The Morgan fingerprint density at radius 3 is 2.41 bits per heavy atom. The monoisotopic (exact) mass is 362 g/mol. The number of para-hydroxylation sites is 1. The van der Waals surface area contributed by atoms with E-state index in [1.807, 2.05) is 74.5 Å². The molecular formula is C23H26N2O2. The normalized spacial score (nSPS) is 18.6. The summed E-state index contributed by atoms with van der Waals surface area (Å²) < 4.78 is 5.57. The molecule has 0 radical (unpaired) electrons. The van der Waals surface area contributed by atoms with Crippen molar-refractivity contribution in [3.63, 3.8) is 0 Å². The minimum atomic E-state index is -0.833. The Balaban J connectivity index is 1.72. The molecule has 140 valence electrons. The van der Waals surface area contributed by atoms with Crippen LogP contribution in [0.3, 0.4) is 0 Å². The van der Waals surface area contributed by atoms with Crippen molar-refractivity contribution in [2.24, 2.45) is 4.99 Å². The van der Waals surface area contributed by atoms with Crippen molar-refractivity contribution in [3.8, 4) is 0 Å². The van der Waals surface area contributed by atoms with E-state index in [4.69, 9.17) is 9.73 Å². The second kappa shape index (κ2) is 8.67. The molecule has 0 aliphatic carbocycles. The second-order valence-electron chi connectivity index (χ2n) is 7.09. The summed E-state index contributed by atoms with van der Waals surface area (Å²) in [6.45, 7) is 4.85. The van der Waals surface area contributed by atoms with Crippen LogP contribution in [-0.2, 0) is 9.53 Å². The van der Waals surface area contributed by atoms with Crippen LogP contribution >= 0.6 is 0 Å². The van der Waals surface area contributed by atoms with Gasteiger partial charge in [-0.05, 0) is 51.0 Å². The van der Waals surface area contributed by atoms with Crippen LogP contribution in [0.5, 0.6) is 0 Å². The van der Waals surface area contributed by atoms with Gasteiger partial charge in [-0.2, -0.15) is 0 Å². The largest absolute Gasteiger partial charge is 0.405 e. The number of hydrogen-bond acceptors (Lipinski definition) is 4. The number of carbonyl (C=O) groups excluding carboxylic acids is 1. The van der Waals surface area contributed by atoms with Crippen molar-refractivity contribution < 1.29 is 9.53 Å². The lowest BCUT2D eigenvalue weighted by molar-refractivity contribution is -0.139. The van der Waals surface area contributed by atoms with Crippen molar-refractivity contribution in [1.29, 1.82) is 0 Å². The molecule has 1 unspecified atom stereocenters. The molecule has 1 heterocycles. The highest BCUT2D eigenvalue weighted by molar-refractivity contribution is 6.08. The van der Waals surface area contributed by atoms with Crippen molar-refractivity contribution in [2.75, 3.05) is 11.9 Å². The first-order valence-corrected chi connectivity index (χ1v) is 9.39. The van der Waals surface area contributed by atoms with E-state index in [-0.39, 0.29) is 5.97 Å². The number of cyclic esters (lactones) is 1. The Morgan fingerprint density at radius 2 is 1.74 bits per heavy atom. The van der Waals surface area contributed by atoms with Gasteiger partial charge in [-0.1, -0.05) is 48.0 Å². The van der Waals surface area contributed by atoms with Crippen LogP contribution < -0.4 is 5.32 Å². The number of anilines is 1. The zero-order valence-electron chi connectivity index (χ0n) is 15.9. The van der Waals surface area contributed by atoms with Gasteiger partial charge in [0.1, 0.15) is 0 Å². The molecule has 0 fully saturated rings. The summed E-state index contributed by atoms with van der Waals surface area (Å²) in [7, 11) is 0. The third-order valence-electron chi connectivity index (χ3n) is 4.62. The number of nitrogens with zero attached hydrogens (tertiary/aromatic N) is 1. The number of allylic oxidation sites excluding steroid dienone is 1. The summed E-state index contributed by atoms with van der Waals surface area (Å²) >= 11 is 0. The predicted octanol–water partition coefficient (Wildman–Crippen LogP) is 4.98. The summed E-state index contributed by atoms with van der Waals surface area (Å²) in [6, 6.07) is 19.7. The van der Waals surface area contributed by atoms with E-state index in [2.05, 4.69) is 11.4 Å². The number of esters is 1. The molecule has 1 N–H and O–H groups in total. The molecule has 0 saturated heterocycles. The summed E-state index contributed by atoms with van der Waals surface area (Å²) in [5.74, 6) is 0.178. The van der Waals surface area contributed by atoms with Crippen LogP contribution in [0.4, 0.5) is 5.69 Å². The topological polar surface area (TPSA) is 50.7 Å². The lowest BCUT2D eigenvalue weighted by Gasteiger charge is -2.20. The van der Waals surface area contributed by atoms with E-state index < -0.39 is 5.54 Å². The first-order chi connectivity index (χ1) is 13.1. The molecule has 0 bridgehead atoms. The van der Waals surface area contributed by atoms with Gasteiger partial charge >= 0.3 is 5.97 Å². The van der Waals surface area contributed by atoms with E-state index in [1.165, 1.54) is 5.57 Å². The molecule has 2 aromatic carbocycles. The molecule has 27 heavy (non-hydrogen) atoms. The number of nitrogens with one attached hydrogen (secondary N) is 1. The van der Waals surface area contributed by atoms with E-state index in [0.717, 1.165) is 24.2 Å². The Bertz CT molecular complexity index is 824. The summed E-state index contributed by atoms with van der Waals surface area (Å²) in [6.07, 6.45) is 4.11. The lowest BCUT2D eigenvalue weighted by Crippen LogP contribution is -2.34. The third-order valence-corrected chi connectivity index (χ3v) is 4.62. The molecule has 4 heteroatoms. The molecule has 0 spiro atoms. The number of hydrogen-bond donors (Lipinski definition) is 1. The Labute approximate surface area is 161 Å². The molecule has 1 aliphatic heterocycles. The van der Waals surface area contributed by atoms with Gasteiger partial charge < -0.3 is 10.1 Å². The summed E-state index contributed by atoms with van der Waals surface area (Å²) in [5, 5.41) is 3.39. The zero-order chi connectivity index (χ0) is 19.1. The van der Waals surface area contributed by atoms with Crippen LogP contribution in [0.1, 0.15) is 38.7 Å². The highest BCUT2D eigenvalue weighted by atomic mass is 16.6. The Hall–Kier alpha value is -2.88. The quantitative estimate of drug-likeness (QED) is 0.409. The van der Waals surface area contributed by atoms with Crippen LogP contribution in [0.25, 0.3) is 0 Å². The van der Waals surface area contributed by atoms with Gasteiger partial charge in [0.15, 0.2) is 5.54 Å². The Morgan fingerprint density at radius 1 is 1.07 bits per heavy atom. The maximum atomic E-state index is 12.8. The fourth-order valence-electron chi connectivity index (χ4n) is 3.08. The minimum Gasteiger partial charge on any atom is -0.405 e. The second-order valence-corrected chi connectivity index (χ2v) is 7.09. The molecule has 0 amide bonds. The zero-order valence-corrected chi connectivity index (χ0v) is 15.9. The van der Waals surface area contributed by atoms with Gasteiger partial charge in [-0.25, -0.2) is 9.79 Å². The van der Waals surface area contributed by atoms with Crippen LogP contribution in [0.15, 0.2) is 77.3 Å². The third kappa shape index (κ3) is 4.85. The lowest BCUT2D eigenvalue weighted by atomic mass is 9.90. The molecule has 2 aromatic rings. The van der Waals surface area contributed by atoms with E-state index in [1.54, 1.807) is 0 Å². The van der Waals surface area contributed by atoms with Crippen LogP contribution in [-0.4, -0.2) is 24.0 Å². The van der Waals surface area contributed by atoms with Gasteiger partial charge in [0.05, 0.1) is 0 Å². The smallest absolute Gasteiger partial charge is 0.341 e. The average molecular weight is 362 g/mol. The number of rotatable bonds is 8. The SMILES string of the molecule is CC(C)=CCC1(CCCNc2ccccc2)N=C(c2ccccc2)OC1=O. The Kier molecular flexibility index (Phi) is 6.07. The molecule has 3 rings (SSSR count). The van der Waals surface area contributed by atoms with Crippen molar-refractivity contribution in [2.45, 2.75) is 38.6 Å². The standard InChI is InChI=1S/C23H26N2O2/c1-18(2)14-16-23(15-9-17-24-20-12-7-4-8-13-20)22(26)27-21(25-23)19-10-5-3-6-11-19/h3-8,10-14,24H,9,15-17H2,1-2H3. The molecule has 1 aliphatic rings. The molecule has 0 aromatic heterocycles. The first kappa shape index (κ1) is 18.9. The number of ether oxygens (including phenoxy) is 1. The highest BCUT2D eigenvalue weighted by Crippen LogP contribution is 2.32. The van der Waals surface area contributed by atoms with Gasteiger partial charge in [0.25, 0.3) is 0 Å². The van der Waals surface area contributed by atoms with Crippen molar-refractivity contribution in [3.05, 3.63) is 77.9 Å². The van der Waals surface area contributed by atoms with Gasteiger partial charge in [-0.15, -0.1) is 0 Å². The molecule has 4 nitrogen and oxygen atoms in total. The number of aliphatic imine (C=N–C) groups is 1. The van der Waals surface area contributed by atoms with Gasteiger partial charge in [0.2, 0.25) is 5.90 Å². The highest BCUT2D eigenvalue weighted by Gasteiger charge is 2.44. The number of benzene rings is 2. The van der Waals surface area contributed by atoms with E-state index in [0.29, 0.717) is 18.7 Å². The molecule has 1 atom stereocenters. The fourth-order valence-corrected chi connectivity index (χ4v) is 3.08. The van der Waals surface area contributed by atoms with Gasteiger partial charge in [0, 0.05) is 24.2 Å². The maximum Gasteiger partial charge on any atom is 0.341 e. The average Bonchev–Trinajstić information content (AvgIpc) is 3.02. The molecular weight excluding hydrogens is 336 g/mol. The first-order valence-electron chi connectivity index (χ1n) is 9.39. The minimum absolute atomic E-state index is 0.251. The van der Waals surface area contributed by atoms with Crippen LogP contribution in [0, 0.1) is 0 Å². The fraction of sp³-hybridized carbons (Fsp3) is 0.304. The van der Waals surface area contributed by atoms with E-state index in [9.17, 15) is 4.79 Å². The van der Waals surface area contributed by atoms with Crippen LogP contribution in [0.2, 0.25) is 0 Å². The summed E-state index contributed by atoms with van der Waals surface area (Å²) in [4.78, 5) is 17.5. The van der Waals surface area contributed by atoms with Crippen molar-refractivity contribution >= 4 is 17.6 Å². The van der Waals surface area contributed by atoms with Crippen molar-refractivity contribution in [1.82, 2.24) is 0 Å². The number of carbonyl (C=O) groups is 1. The van der Waals surface area contributed by atoms with E-state index >= 15 is 0 Å². The summed E-state index contributed by atoms with van der Waals surface area (Å²) in [5.41, 5.74) is 2.26. The predicted molar refractivity (Wildman–Crippen MR) is 110 cm³/mol. The molecule has 0 saturated carbocycles.